The van der Waals surface area contributed by atoms with Crippen molar-refractivity contribution in [1.29, 1.82) is 0 Å². The van der Waals surface area contributed by atoms with Crippen LogP contribution in [-0.2, 0) is 13.6 Å². The average Bonchev–Trinajstić information content (AvgIpc) is 3.47. The lowest BCUT2D eigenvalue weighted by molar-refractivity contribution is 0.0977. The number of carbonyl (C=O) groups is 1. The number of aromatic nitrogens is 1. The average molecular weight is 391 g/mol. The zero-order valence-electron chi connectivity index (χ0n) is 16.9. The topological polar surface area (TPSA) is 28.5 Å². The van der Waals surface area contributed by atoms with Crippen LogP contribution in [0.3, 0.4) is 0 Å². The van der Waals surface area contributed by atoms with Gasteiger partial charge in [0.2, 0.25) is 0 Å². The first-order valence-corrected chi connectivity index (χ1v) is 10.1. The minimum atomic E-state index is -0.315. The Morgan fingerprint density at radius 1 is 1.07 bits per heavy atom. The quantitative estimate of drug-likeness (QED) is 0.567. The lowest BCUT2D eigenvalue weighted by Crippen LogP contribution is -2.32. The second-order valence-corrected chi connectivity index (χ2v) is 7.56. The molecule has 0 radical (unpaired) electrons. The molecule has 4 rings (SSSR count). The summed E-state index contributed by atoms with van der Waals surface area (Å²) in [7, 11) is 1.85. The van der Waals surface area contributed by atoms with Crippen LogP contribution in [0.4, 0.5) is 15.8 Å². The summed E-state index contributed by atoms with van der Waals surface area (Å²) >= 11 is 0. The molecule has 0 bridgehead atoms. The van der Waals surface area contributed by atoms with Crippen molar-refractivity contribution in [2.75, 3.05) is 16.3 Å². The molecule has 150 valence electrons. The summed E-state index contributed by atoms with van der Waals surface area (Å²) in [6.45, 7) is 3.57. The molecule has 0 spiro atoms. The number of hydrogen-bond donors (Lipinski definition) is 0. The van der Waals surface area contributed by atoms with Crippen LogP contribution in [0.15, 0.2) is 66.9 Å². The number of halogens is 1. The second kappa shape index (κ2) is 8.11. The monoisotopic (exact) mass is 391 g/mol. The molecule has 0 atom stereocenters. The van der Waals surface area contributed by atoms with Gasteiger partial charge in [0.05, 0.1) is 6.54 Å². The summed E-state index contributed by atoms with van der Waals surface area (Å²) in [5.74, 6) is -0.422. The van der Waals surface area contributed by atoms with Crippen molar-refractivity contribution in [3.8, 4) is 0 Å². The normalized spacial score (nSPS) is 13.3. The maximum atomic E-state index is 13.5. The van der Waals surface area contributed by atoms with Gasteiger partial charge in [-0.25, -0.2) is 4.39 Å². The molecule has 2 aromatic carbocycles. The predicted octanol–water partition coefficient (Wildman–Crippen LogP) is 5.00. The molecular weight excluding hydrogens is 365 g/mol. The molecule has 3 aromatic rings. The van der Waals surface area contributed by atoms with E-state index >= 15 is 0 Å². The molecule has 5 heteroatoms. The van der Waals surface area contributed by atoms with E-state index in [-0.39, 0.29) is 11.7 Å². The molecule has 1 aliphatic carbocycles. The van der Waals surface area contributed by atoms with E-state index in [1.165, 1.54) is 30.7 Å². The number of aryl methyl sites for hydroxylation is 1. The van der Waals surface area contributed by atoms with E-state index in [0.717, 1.165) is 12.1 Å². The summed E-state index contributed by atoms with van der Waals surface area (Å²) < 4.78 is 15.3. The molecule has 0 aliphatic heterocycles. The van der Waals surface area contributed by atoms with E-state index in [1.54, 1.807) is 27.7 Å². The van der Waals surface area contributed by atoms with Gasteiger partial charge in [-0.15, -0.1) is 0 Å². The maximum absolute atomic E-state index is 13.5. The van der Waals surface area contributed by atoms with Crippen molar-refractivity contribution in [2.45, 2.75) is 32.4 Å². The minimum Gasteiger partial charge on any atom is -0.369 e. The van der Waals surface area contributed by atoms with E-state index < -0.39 is 0 Å². The number of hydrogen-bond acceptors (Lipinski definition) is 2. The van der Waals surface area contributed by atoms with Gasteiger partial charge in [0.1, 0.15) is 11.5 Å². The summed E-state index contributed by atoms with van der Waals surface area (Å²) in [6, 6.07) is 18.8. The van der Waals surface area contributed by atoms with Crippen LogP contribution < -0.4 is 9.80 Å². The van der Waals surface area contributed by atoms with Gasteiger partial charge in [-0.2, -0.15) is 0 Å². The van der Waals surface area contributed by atoms with Gasteiger partial charge in [-0.05, 0) is 73.9 Å². The minimum absolute atomic E-state index is 0.107. The maximum Gasteiger partial charge on any atom is 0.275 e. The molecule has 1 aliphatic rings. The van der Waals surface area contributed by atoms with E-state index in [0.29, 0.717) is 24.0 Å². The van der Waals surface area contributed by atoms with Crippen LogP contribution in [0.2, 0.25) is 0 Å². The first-order valence-electron chi connectivity index (χ1n) is 10.1. The van der Waals surface area contributed by atoms with Crippen molar-refractivity contribution in [2.24, 2.45) is 7.05 Å². The molecule has 0 saturated heterocycles. The smallest absolute Gasteiger partial charge is 0.275 e. The largest absolute Gasteiger partial charge is 0.369 e. The van der Waals surface area contributed by atoms with Gasteiger partial charge in [0, 0.05) is 37.2 Å². The summed E-state index contributed by atoms with van der Waals surface area (Å²) in [6.07, 6.45) is 4.34. The fourth-order valence-electron chi connectivity index (χ4n) is 3.78. The third kappa shape index (κ3) is 4.19. The summed E-state index contributed by atoms with van der Waals surface area (Å²) in [5, 5.41) is 0. The van der Waals surface area contributed by atoms with Gasteiger partial charge in [0.15, 0.2) is 0 Å². The van der Waals surface area contributed by atoms with Crippen LogP contribution in [0.1, 0.15) is 35.8 Å². The Morgan fingerprint density at radius 3 is 2.45 bits per heavy atom. The van der Waals surface area contributed by atoms with E-state index in [4.69, 9.17) is 0 Å². The zero-order valence-corrected chi connectivity index (χ0v) is 16.9. The number of nitrogens with zero attached hydrogens (tertiary/aromatic N) is 3. The predicted molar refractivity (Wildman–Crippen MR) is 115 cm³/mol. The number of benzene rings is 2. The van der Waals surface area contributed by atoms with Gasteiger partial charge in [0.25, 0.3) is 5.91 Å². The standard InChI is InChI=1S/C24H26FN3O/c1-3-27(20-13-14-20)22-7-4-6-18(16-22)17-28(21-11-9-19(25)10-12-21)24(29)23-8-5-15-26(23)2/h4-12,15-16,20H,3,13-14,17H2,1-2H3. The third-order valence-electron chi connectivity index (χ3n) is 5.46. The van der Waals surface area contributed by atoms with Crippen LogP contribution in [0.5, 0.6) is 0 Å². The van der Waals surface area contributed by atoms with Crippen molar-refractivity contribution < 1.29 is 9.18 Å². The SMILES string of the molecule is CCN(c1cccc(CN(C(=O)c2cccn2C)c2ccc(F)cc2)c1)C1CC1. The molecule has 4 nitrogen and oxygen atoms in total. The van der Waals surface area contributed by atoms with Crippen molar-refractivity contribution in [1.82, 2.24) is 4.57 Å². The van der Waals surface area contributed by atoms with Gasteiger partial charge in [-0.1, -0.05) is 12.1 Å². The molecule has 1 aromatic heterocycles. The van der Waals surface area contributed by atoms with Crippen molar-refractivity contribution in [3.63, 3.8) is 0 Å². The number of rotatable bonds is 7. The highest BCUT2D eigenvalue weighted by molar-refractivity contribution is 6.05. The highest BCUT2D eigenvalue weighted by Gasteiger charge is 2.28. The van der Waals surface area contributed by atoms with Crippen molar-refractivity contribution in [3.05, 3.63) is 83.9 Å². The number of anilines is 2. The van der Waals surface area contributed by atoms with E-state index in [2.05, 4.69) is 24.0 Å². The number of carbonyl (C=O) groups excluding carboxylic acids is 1. The molecular formula is C24H26FN3O. The third-order valence-corrected chi connectivity index (χ3v) is 5.46. The Hall–Kier alpha value is -3.08. The molecule has 0 N–H and O–H groups in total. The van der Waals surface area contributed by atoms with E-state index in [9.17, 15) is 9.18 Å². The Labute approximate surface area is 171 Å². The molecule has 29 heavy (non-hydrogen) atoms. The highest BCUT2D eigenvalue weighted by Crippen LogP contribution is 2.32. The van der Waals surface area contributed by atoms with Gasteiger partial charge >= 0.3 is 0 Å². The van der Waals surface area contributed by atoms with Crippen LogP contribution in [-0.4, -0.2) is 23.1 Å². The molecule has 1 fully saturated rings. The zero-order chi connectivity index (χ0) is 20.4. The highest BCUT2D eigenvalue weighted by atomic mass is 19.1. The van der Waals surface area contributed by atoms with Crippen molar-refractivity contribution >= 4 is 17.3 Å². The van der Waals surface area contributed by atoms with E-state index in [1.807, 2.05) is 31.4 Å². The first-order chi connectivity index (χ1) is 14.1. The Morgan fingerprint density at radius 2 is 1.83 bits per heavy atom. The fourth-order valence-corrected chi connectivity index (χ4v) is 3.78. The molecule has 0 unspecified atom stereocenters. The lowest BCUT2D eigenvalue weighted by Gasteiger charge is -2.26. The molecule has 1 amide bonds. The second-order valence-electron chi connectivity index (χ2n) is 7.56. The Balaban J connectivity index is 1.66. The van der Waals surface area contributed by atoms with Gasteiger partial charge in [-0.3, -0.25) is 4.79 Å². The molecule has 1 saturated carbocycles. The molecule has 1 heterocycles. The summed E-state index contributed by atoms with van der Waals surface area (Å²) in [5.41, 5.74) is 3.52. The van der Waals surface area contributed by atoms with Crippen LogP contribution in [0.25, 0.3) is 0 Å². The fraction of sp³-hybridized carbons (Fsp3) is 0.292. The summed E-state index contributed by atoms with van der Waals surface area (Å²) in [4.78, 5) is 17.4. The Bertz CT molecular complexity index is 991. The lowest BCUT2D eigenvalue weighted by atomic mass is 10.1. The first kappa shape index (κ1) is 19.2. The van der Waals surface area contributed by atoms with Crippen LogP contribution in [0, 0.1) is 5.82 Å². The number of amides is 1. The van der Waals surface area contributed by atoms with Gasteiger partial charge < -0.3 is 14.4 Å². The van der Waals surface area contributed by atoms with Crippen LogP contribution >= 0.6 is 0 Å². The Kier molecular flexibility index (Phi) is 5.38.